The summed E-state index contributed by atoms with van der Waals surface area (Å²) in [6, 6.07) is 5.66. The number of carbonyl (C=O) groups is 7. The van der Waals surface area contributed by atoms with E-state index in [4.69, 9.17) is 10.8 Å². The third kappa shape index (κ3) is 10.2. The molecule has 2 fully saturated rings. The maximum Gasteiger partial charge on any atom is 0.352 e. The largest absolute Gasteiger partial charge is 0.480 e. The molecular formula is C34H35N15O10S5. The lowest BCUT2D eigenvalue weighted by Gasteiger charge is -2.49. The number of hydrogen-bond acceptors (Lipinski definition) is 21. The molecule has 0 unspecified atom stereocenters. The number of rotatable bonds is 17. The highest BCUT2D eigenvalue weighted by molar-refractivity contribution is 8.02. The van der Waals surface area contributed by atoms with Crippen molar-refractivity contribution in [3.63, 3.8) is 0 Å². The number of hydrogen-bond donors (Lipinski definition) is 6. The summed E-state index contributed by atoms with van der Waals surface area (Å²) in [5.74, 6) is -3.96. The molecule has 30 heteroatoms. The van der Waals surface area contributed by atoms with Crippen molar-refractivity contribution in [1.82, 2.24) is 71.0 Å². The fourth-order valence-corrected chi connectivity index (χ4v) is 12.4. The van der Waals surface area contributed by atoms with E-state index in [1.165, 1.54) is 67.4 Å². The molecule has 4 aromatic rings. The lowest BCUT2D eigenvalue weighted by molar-refractivity contribution is -0.150. The minimum absolute atomic E-state index is 0.0153. The molecule has 4 aliphatic heterocycles. The van der Waals surface area contributed by atoms with Gasteiger partial charge < -0.3 is 31.7 Å². The summed E-state index contributed by atoms with van der Waals surface area (Å²) >= 11 is 6.67. The van der Waals surface area contributed by atoms with E-state index in [1.54, 1.807) is 12.1 Å². The number of nitrogens with one attached hydrogen (secondary N) is 2. The molecule has 4 aliphatic rings. The van der Waals surface area contributed by atoms with Gasteiger partial charge in [0.2, 0.25) is 17.0 Å². The summed E-state index contributed by atoms with van der Waals surface area (Å²) in [5.41, 5.74) is 8.29. The lowest BCUT2D eigenvalue weighted by Crippen LogP contribution is -2.70. The Morgan fingerprint density at radius 1 is 0.797 bits per heavy atom. The van der Waals surface area contributed by atoms with Crippen LogP contribution in [0.5, 0.6) is 0 Å². The fourth-order valence-electron chi connectivity index (χ4n) is 6.70. The van der Waals surface area contributed by atoms with E-state index in [0.29, 0.717) is 28.4 Å². The molecule has 64 heavy (non-hydrogen) atoms. The molecule has 336 valence electrons. The Hall–Kier alpha value is -5.95. The van der Waals surface area contributed by atoms with Gasteiger partial charge in [-0.25, -0.2) is 19.0 Å². The number of fused-ring (bicyclic) bond motifs is 2. The van der Waals surface area contributed by atoms with Crippen molar-refractivity contribution in [3.05, 3.63) is 69.3 Å². The molecule has 2 saturated heterocycles. The van der Waals surface area contributed by atoms with E-state index in [0.717, 1.165) is 36.9 Å². The minimum Gasteiger partial charge on any atom is -0.480 e. The number of aryl methyl sites for hydroxylation is 1. The molecule has 0 radical (unpaired) electrons. The van der Waals surface area contributed by atoms with E-state index in [-0.39, 0.29) is 47.7 Å². The first-order chi connectivity index (χ1) is 30.7. The molecule has 4 atom stereocenters. The minimum atomic E-state index is -1.26. The summed E-state index contributed by atoms with van der Waals surface area (Å²) in [6.45, 7) is 1.57. The van der Waals surface area contributed by atoms with Crippen molar-refractivity contribution >= 4 is 99.9 Å². The summed E-state index contributed by atoms with van der Waals surface area (Å²) in [4.78, 5) is 87.4. The van der Waals surface area contributed by atoms with Gasteiger partial charge in [0.05, 0.1) is 6.42 Å². The standard InChI is InChI=1S/C20H21N7O6S2.C14H14N8O4S3/c21-6-11-4-2-1-3-10(11)5-13(28)22-15-17(31)27-16(19(32)33)12(8-34-18(15)27)9-35-20-23-24-25-26(20)7-14(29)30;1-6-17-18-14(29-6)28-4-7-3-27-12-9(11(24)22(12)10(7)13(25)26)16-8(23)2-21-5-15-19-20-21/h1-4,15,18H,5-9,21H2,(H,22,28)(H,29,30)(H,32,33);5,9,12H,2-4H2,1H3,(H,16,23)(H,25,26)/t15-,18-;9-,12-/m11/s1. The number of tetrazole rings is 2. The first-order valence-electron chi connectivity index (χ1n) is 18.6. The number of aliphatic carboxylic acids is 3. The summed E-state index contributed by atoms with van der Waals surface area (Å²) in [5, 5.41) is 63.1. The van der Waals surface area contributed by atoms with Crippen molar-refractivity contribution in [2.45, 2.75) is 65.3 Å². The zero-order valence-electron chi connectivity index (χ0n) is 33.0. The van der Waals surface area contributed by atoms with Crippen molar-refractivity contribution < 1.29 is 48.9 Å². The van der Waals surface area contributed by atoms with Gasteiger partial charge in [-0.1, -0.05) is 59.1 Å². The summed E-state index contributed by atoms with van der Waals surface area (Å²) < 4.78 is 3.07. The Morgan fingerprint density at radius 3 is 1.95 bits per heavy atom. The van der Waals surface area contributed by atoms with Crippen LogP contribution in [-0.4, -0.2) is 163 Å². The second kappa shape index (κ2) is 20.3. The van der Waals surface area contributed by atoms with Gasteiger partial charge >= 0.3 is 17.9 Å². The van der Waals surface area contributed by atoms with E-state index in [9.17, 15) is 43.8 Å². The molecule has 1 aromatic carbocycles. The van der Waals surface area contributed by atoms with Crippen molar-refractivity contribution in [2.75, 3.05) is 23.0 Å². The van der Waals surface area contributed by atoms with Crippen LogP contribution >= 0.6 is 58.4 Å². The quantitative estimate of drug-likeness (QED) is 0.0526. The van der Waals surface area contributed by atoms with Gasteiger partial charge in [-0.05, 0) is 50.1 Å². The number of thioether (sulfide) groups is 4. The average molecular weight is 974 g/mol. The van der Waals surface area contributed by atoms with E-state index in [2.05, 4.69) is 51.9 Å². The number of nitrogens with zero attached hydrogens (tertiary/aromatic N) is 12. The molecule has 25 nitrogen and oxygen atoms in total. The smallest absolute Gasteiger partial charge is 0.352 e. The van der Waals surface area contributed by atoms with Gasteiger partial charge in [-0.2, -0.15) is 0 Å². The second-order valence-corrected chi connectivity index (χ2v) is 19.3. The van der Waals surface area contributed by atoms with Crippen LogP contribution < -0.4 is 16.4 Å². The number of carbonyl (C=O) groups excluding carboxylic acids is 4. The zero-order valence-corrected chi connectivity index (χ0v) is 37.1. The number of carboxylic acids is 3. The van der Waals surface area contributed by atoms with Gasteiger partial charge in [0.15, 0.2) is 4.34 Å². The van der Waals surface area contributed by atoms with E-state index >= 15 is 0 Å². The molecule has 4 amide bonds. The molecule has 0 saturated carbocycles. The van der Waals surface area contributed by atoms with Gasteiger partial charge in [-0.3, -0.25) is 33.8 Å². The Kier molecular flexibility index (Phi) is 14.6. The number of β-lactam (4-membered cyclic amide) rings is 2. The Bertz CT molecular complexity index is 2550. The van der Waals surface area contributed by atoms with Crippen LogP contribution in [0.1, 0.15) is 16.1 Å². The van der Waals surface area contributed by atoms with Gasteiger partial charge in [-0.15, -0.1) is 43.9 Å². The maximum absolute atomic E-state index is 12.8. The second-order valence-electron chi connectivity index (χ2n) is 13.8. The number of amides is 4. The van der Waals surface area contributed by atoms with Crippen LogP contribution in [0.15, 0.2) is 62.6 Å². The Morgan fingerprint density at radius 2 is 1.41 bits per heavy atom. The first kappa shape index (κ1) is 46.1. The highest BCUT2D eigenvalue weighted by atomic mass is 32.2. The van der Waals surface area contributed by atoms with Crippen LogP contribution in [0.3, 0.4) is 0 Å². The number of aromatic nitrogens is 10. The monoisotopic (exact) mass is 973 g/mol. The zero-order chi connectivity index (χ0) is 45.7. The van der Waals surface area contributed by atoms with Crippen molar-refractivity contribution in [1.29, 1.82) is 0 Å². The van der Waals surface area contributed by atoms with Crippen LogP contribution in [0, 0.1) is 6.92 Å². The van der Waals surface area contributed by atoms with Crippen LogP contribution in [0.2, 0.25) is 0 Å². The third-order valence-electron chi connectivity index (χ3n) is 9.56. The van der Waals surface area contributed by atoms with Crippen LogP contribution in [0.4, 0.5) is 0 Å². The highest BCUT2D eigenvalue weighted by Gasteiger charge is 2.55. The molecular weight excluding hydrogens is 939 g/mol. The maximum atomic E-state index is 12.8. The van der Waals surface area contributed by atoms with Gasteiger partial charge in [0.25, 0.3) is 11.8 Å². The molecule has 8 rings (SSSR count). The molecule has 0 bridgehead atoms. The predicted octanol–water partition coefficient (Wildman–Crippen LogP) is -1.35. The van der Waals surface area contributed by atoms with E-state index in [1.807, 2.05) is 19.1 Å². The lowest BCUT2D eigenvalue weighted by atomic mass is 10.0. The summed E-state index contributed by atoms with van der Waals surface area (Å²) in [6.07, 6.45) is 1.35. The van der Waals surface area contributed by atoms with Crippen LogP contribution in [-0.2, 0) is 59.6 Å². The molecule has 7 heterocycles. The van der Waals surface area contributed by atoms with Gasteiger partial charge in [0, 0.05) is 29.6 Å². The number of carboxylic acid groups (broad SMARTS) is 3. The van der Waals surface area contributed by atoms with E-state index < -0.39 is 65.0 Å². The fraction of sp³-hybridized carbons (Fsp3) is 0.382. The summed E-state index contributed by atoms with van der Waals surface area (Å²) in [7, 11) is 0. The number of benzene rings is 1. The Labute approximate surface area is 381 Å². The van der Waals surface area contributed by atoms with Crippen molar-refractivity contribution in [2.24, 2.45) is 5.73 Å². The molecule has 3 aromatic heterocycles. The van der Waals surface area contributed by atoms with Gasteiger partial charge in [0.1, 0.15) is 58.6 Å². The SMILES string of the molecule is Cc1nnc(SCC2=C(C(=O)O)N3C(=O)[C@@H](NC(=O)Cn4cnnn4)[C@H]3SC2)s1.NCc1ccccc1CC(=O)N[C@@H]1C(=O)N2C(C(=O)O)=C(CSc3nnnn3CC(=O)O)CS[C@H]12. The highest BCUT2D eigenvalue weighted by Crippen LogP contribution is 2.43. The molecule has 0 spiro atoms. The first-order valence-corrected chi connectivity index (χ1v) is 23.5. The predicted molar refractivity (Wildman–Crippen MR) is 227 cm³/mol. The molecule has 7 N–H and O–H groups in total. The molecule has 0 aliphatic carbocycles. The third-order valence-corrected chi connectivity index (χ3v) is 15.3. The van der Waals surface area contributed by atoms with Crippen LogP contribution in [0.25, 0.3) is 0 Å². The average Bonchev–Trinajstić information content (AvgIpc) is 4.05. The Balaban J connectivity index is 0.000000195. The van der Waals surface area contributed by atoms with Crippen molar-refractivity contribution in [3.8, 4) is 0 Å². The number of nitrogens with two attached hydrogens (primary N) is 1. The topological polar surface area (TPSA) is 350 Å². The normalized spacial score (nSPS) is 20.0.